The Labute approximate surface area is 104 Å². The molecule has 2 heterocycles. The topological polar surface area (TPSA) is 39.1 Å². The first-order valence-corrected chi connectivity index (χ1v) is 6.71. The van der Waals surface area contributed by atoms with E-state index in [-0.39, 0.29) is 0 Å². The van der Waals surface area contributed by atoms with Gasteiger partial charge in [0.05, 0.1) is 5.60 Å². The molecule has 17 heavy (non-hydrogen) atoms. The second-order valence-electron chi connectivity index (χ2n) is 6.10. The maximum atomic E-state index is 10.2. The summed E-state index contributed by atoms with van der Waals surface area (Å²) in [5.41, 5.74) is -0.550. The summed E-state index contributed by atoms with van der Waals surface area (Å²) in [6.45, 7) is 11.3. The molecule has 0 saturated carbocycles. The maximum Gasteiger partial charge on any atom is 0.129 e. The number of amidine groups is 1. The Morgan fingerprint density at radius 3 is 2.71 bits per heavy atom. The number of likely N-dealkylation sites (tertiary alicyclic amines) is 1. The summed E-state index contributed by atoms with van der Waals surface area (Å²) in [7, 11) is 0. The van der Waals surface area contributed by atoms with E-state index in [0.29, 0.717) is 12.0 Å². The summed E-state index contributed by atoms with van der Waals surface area (Å²) in [6, 6.07) is 0.459. The van der Waals surface area contributed by atoms with Crippen LogP contribution in [0.15, 0.2) is 5.10 Å². The van der Waals surface area contributed by atoms with Crippen LogP contribution in [-0.4, -0.2) is 52.1 Å². The summed E-state index contributed by atoms with van der Waals surface area (Å²) < 4.78 is 0. The highest BCUT2D eigenvalue weighted by molar-refractivity contribution is 5.85. The van der Waals surface area contributed by atoms with Gasteiger partial charge in [-0.2, -0.15) is 5.10 Å². The summed E-state index contributed by atoms with van der Waals surface area (Å²) >= 11 is 0. The third kappa shape index (κ3) is 2.73. The van der Waals surface area contributed by atoms with Gasteiger partial charge in [0.25, 0.3) is 0 Å². The minimum Gasteiger partial charge on any atom is -0.388 e. The van der Waals surface area contributed by atoms with Gasteiger partial charge < -0.3 is 10.0 Å². The minimum atomic E-state index is -0.550. The van der Waals surface area contributed by atoms with Crippen molar-refractivity contribution in [2.45, 2.75) is 52.2 Å². The van der Waals surface area contributed by atoms with Crippen LogP contribution in [0.25, 0.3) is 0 Å². The van der Waals surface area contributed by atoms with Gasteiger partial charge in [0.2, 0.25) is 0 Å². The summed E-state index contributed by atoms with van der Waals surface area (Å²) in [5.74, 6) is 1.64. The van der Waals surface area contributed by atoms with Crippen molar-refractivity contribution < 1.29 is 5.11 Å². The summed E-state index contributed by atoms with van der Waals surface area (Å²) in [5, 5.41) is 17.0. The molecule has 1 N–H and O–H groups in total. The van der Waals surface area contributed by atoms with Crippen molar-refractivity contribution in [3.05, 3.63) is 0 Å². The van der Waals surface area contributed by atoms with E-state index in [4.69, 9.17) is 5.10 Å². The average molecular weight is 239 g/mol. The SMILES string of the molecule is CC1CN(C(C)C)N=C1N1CCC[C@@](C)(O)C1. The standard InChI is InChI=1S/C13H25N3O/c1-10(2)16-8-11(3)12(14-16)15-7-5-6-13(4,17)9-15/h10-11,17H,5-9H2,1-4H3/t11?,13-/m1/s1. The number of nitrogens with zero attached hydrogens (tertiary/aromatic N) is 3. The molecule has 1 unspecified atom stereocenters. The second-order valence-corrected chi connectivity index (χ2v) is 6.10. The molecule has 4 heteroatoms. The third-order valence-electron chi connectivity index (χ3n) is 3.73. The third-order valence-corrected chi connectivity index (χ3v) is 3.73. The molecule has 0 amide bonds. The van der Waals surface area contributed by atoms with Crippen molar-refractivity contribution in [3.63, 3.8) is 0 Å². The lowest BCUT2D eigenvalue weighted by Crippen LogP contribution is -2.49. The quantitative estimate of drug-likeness (QED) is 0.754. The van der Waals surface area contributed by atoms with Gasteiger partial charge in [-0.05, 0) is 33.6 Å². The summed E-state index contributed by atoms with van der Waals surface area (Å²) in [4.78, 5) is 2.27. The van der Waals surface area contributed by atoms with Gasteiger partial charge in [0.1, 0.15) is 5.84 Å². The van der Waals surface area contributed by atoms with Gasteiger partial charge in [-0.1, -0.05) is 6.92 Å². The van der Waals surface area contributed by atoms with Crippen LogP contribution in [0.5, 0.6) is 0 Å². The highest BCUT2D eigenvalue weighted by atomic mass is 16.3. The van der Waals surface area contributed by atoms with E-state index in [0.717, 1.165) is 32.5 Å². The van der Waals surface area contributed by atoms with Gasteiger partial charge in [-0.15, -0.1) is 0 Å². The van der Waals surface area contributed by atoms with E-state index >= 15 is 0 Å². The highest BCUT2D eigenvalue weighted by Crippen LogP contribution is 2.25. The average Bonchev–Trinajstić information content (AvgIpc) is 2.59. The van der Waals surface area contributed by atoms with E-state index < -0.39 is 5.60 Å². The maximum absolute atomic E-state index is 10.2. The van der Waals surface area contributed by atoms with Crippen LogP contribution in [0.4, 0.5) is 0 Å². The predicted octanol–water partition coefficient (Wildman–Crippen LogP) is 1.51. The molecule has 0 spiro atoms. The fourth-order valence-corrected chi connectivity index (χ4v) is 2.75. The van der Waals surface area contributed by atoms with Crippen LogP contribution in [0.1, 0.15) is 40.5 Å². The Hall–Kier alpha value is -0.770. The molecule has 0 aromatic rings. The van der Waals surface area contributed by atoms with Gasteiger partial charge in [-0.25, -0.2) is 0 Å². The van der Waals surface area contributed by atoms with E-state index in [1.165, 1.54) is 5.84 Å². The highest BCUT2D eigenvalue weighted by Gasteiger charge is 2.34. The minimum absolute atomic E-state index is 0.459. The number of β-amino-alcohol motifs (C(OH)–C–C–N with tert-alkyl or cyclic N) is 1. The zero-order chi connectivity index (χ0) is 12.6. The molecule has 0 aliphatic carbocycles. The Balaban J connectivity index is 2.09. The molecule has 0 radical (unpaired) electrons. The van der Waals surface area contributed by atoms with E-state index in [2.05, 4.69) is 30.7 Å². The molecule has 4 nitrogen and oxygen atoms in total. The Morgan fingerprint density at radius 2 is 2.18 bits per heavy atom. The first kappa shape index (κ1) is 12.7. The monoisotopic (exact) mass is 239 g/mol. The van der Waals surface area contributed by atoms with Crippen molar-refractivity contribution >= 4 is 5.84 Å². The van der Waals surface area contributed by atoms with Crippen LogP contribution in [0, 0.1) is 5.92 Å². The molecule has 0 aromatic carbocycles. The zero-order valence-electron chi connectivity index (χ0n) is 11.5. The van der Waals surface area contributed by atoms with Crippen LogP contribution in [0.2, 0.25) is 0 Å². The Morgan fingerprint density at radius 1 is 1.47 bits per heavy atom. The van der Waals surface area contributed by atoms with Gasteiger partial charge in [-0.3, -0.25) is 5.01 Å². The van der Waals surface area contributed by atoms with Gasteiger partial charge in [0, 0.05) is 31.6 Å². The molecular weight excluding hydrogens is 214 g/mol. The van der Waals surface area contributed by atoms with Crippen LogP contribution in [0.3, 0.4) is 0 Å². The predicted molar refractivity (Wildman–Crippen MR) is 69.9 cm³/mol. The molecule has 0 bridgehead atoms. The smallest absolute Gasteiger partial charge is 0.129 e. The molecule has 0 aromatic heterocycles. The van der Waals surface area contributed by atoms with Crippen molar-refractivity contribution in [2.24, 2.45) is 11.0 Å². The van der Waals surface area contributed by atoms with Gasteiger partial charge >= 0.3 is 0 Å². The lowest BCUT2D eigenvalue weighted by Gasteiger charge is -2.38. The van der Waals surface area contributed by atoms with Crippen molar-refractivity contribution in [3.8, 4) is 0 Å². The number of piperidine rings is 1. The number of hydrazone groups is 1. The molecule has 2 rings (SSSR count). The van der Waals surface area contributed by atoms with E-state index in [1.807, 2.05) is 6.92 Å². The molecule has 98 valence electrons. The first-order chi connectivity index (χ1) is 7.89. The lowest BCUT2D eigenvalue weighted by atomic mass is 9.94. The number of hydrogen-bond acceptors (Lipinski definition) is 4. The molecule has 1 saturated heterocycles. The molecule has 2 atom stereocenters. The lowest BCUT2D eigenvalue weighted by molar-refractivity contribution is 0.00472. The van der Waals surface area contributed by atoms with Gasteiger partial charge in [0.15, 0.2) is 0 Å². The van der Waals surface area contributed by atoms with E-state index in [1.54, 1.807) is 0 Å². The second kappa shape index (κ2) is 4.48. The fourth-order valence-electron chi connectivity index (χ4n) is 2.75. The molecule has 1 fully saturated rings. The Bertz CT molecular complexity index is 312. The number of hydrogen-bond donors (Lipinski definition) is 1. The Kier molecular flexibility index (Phi) is 3.34. The van der Waals surface area contributed by atoms with Crippen LogP contribution < -0.4 is 0 Å². The molecule has 2 aliphatic heterocycles. The fraction of sp³-hybridized carbons (Fsp3) is 0.923. The number of aliphatic hydroxyl groups is 1. The van der Waals surface area contributed by atoms with E-state index in [9.17, 15) is 5.11 Å². The molecule has 2 aliphatic rings. The number of rotatable bonds is 1. The van der Waals surface area contributed by atoms with Crippen molar-refractivity contribution in [2.75, 3.05) is 19.6 Å². The zero-order valence-corrected chi connectivity index (χ0v) is 11.5. The van der Waals surface area contributed by atoms with Crippen LogP contribution >= 0.6 is 0 Å². The van der Waals surface area contributed by atoms with Crippen molar-refractivity contribution in [1.29, 1.82) is 0 Å². The van der Waals surface area contributed by atoms with Crippen LogP contribution in [-0.2, 0) is 0 Å². The first-order valence-electron chi connectivity index (χ1n) is 6.71. The largest absolute Gasteiger partial charge is 0.388 e. The molecular formula is C13H25N3O. The summed E-state index contributed by atoms with van der Waals surface area (Å²) in [6.07, 6.45) is 1.96. The normalized spacial score (nSPS) is 34.5. The van der Waals surface area contributed by atoms with Crippen molar-refractivity contribution in [1.82, 2.24) is 9.91 Å².